The van der Waals surface area contributed by atoms with Crippen molar-refractivity contribution in [3.8, 4) is 0 Å². The molecule has 23 heavy (non-hydrogen) atoms. The number of carbonyl (C=O) groups excluding carboxylic acids is 1. The molecule has 126 valence electrons. The third-order valence-electron chi connectivity index (χ3n) is 3.87. The molecule has 0 radical (unpaired) electrons. The fraction of sp³-hybridized carbons (Fsp3) is 0.500. The first-order valence-electron chi connectivity index (χ1n) is 8.15. The number of rotatable bonds is 9. The van der Waals surface area contributed by atoms with Crippen molar-refractivity contribution in [2.24, 2.45) is 0 Å². The van der Waals surface area contributed by atoms with Crippen LogP contribution in [-0.4, -0.2) is 44.2 Å². The molecule has 5 heteroatoms. The zero-order chi connectivity index (χ0) is 16.7. The first kappa shape index (κ1) is 17.5. The number of hydrogen-bond donors (Lipinski definition) is 1. The summed E-state index contributed by atoms with van der Waals surface area (Å²) in [4.78, 5) is 14.4. The van der Waals surface area contributed by atoms with E-state index in [1.54, 1.807) is 7.11 Å². The maximum absolute atomic E-state index is 12.5. The van der Waals surface area contributed by atoms with Crippen LogP contribution in [0.2, 0.25) is 0 Å². The van der Waals surface area contributed by atoms with Crippen LogP contribution in [-0.2, 0) is 9.53 Å². The van der Waals surface area contributed by atoms with Crippen LogP contribution in [0.5, 0.6) is 0 Å². The van der Waals surface area contributed by atoms with Crippen LogP contribution < -0.4 is 5.32 Å². The summed E-state index contributed by atoms with van der Waals surface area (Å²) in [5, 5.41) is 4.18. The van der Waals surface area contributed by atoms with Crippen molar-refractivity contribution >= 4 is 16.9 Å². The van der Waals surface area contributed by atoms with E-state index in [1.807, 2.05) is 42.2 Å². The molecular weight excluding hydrogens is 292 g/mol. The summed E-state index contributed by atoms with van der Waals surface area (Å²) in [6.07, 6.45) is 0.911. The summed E-state index contributed by atoms with van der Waals surface area (Å²) in [5.41, 5.74) is 0.858. The average Bonchev–Trinajstić information content (AvgIpc) is 3.00. The number of nitrogens with zero attached hydrogens (tertiary/aromatic N) is 1. The highest BCUT2D eigenvalue weighted by molar-refractivity contribution is 5.80. The molecule has 1 aromatic carbocycles. The quantitative estimate of drug-likeness (QED) is 0.722. The maximum atomic E-state index is 12.5. The molecule has 2 aromatic rings. The Morgan fingerprint density at radius 3 is 2.87 bits per heavy atom. The number of amides is 1. The molecule has 0 spiro atoms. The highest BCUT2D eigenvalue weighted by atomic mass is 16.5. The van der Waals surface area contributed by atoms with Crippen molar-refractivity contribution in [1.29, 1.82) is 0 Å². The second-order valence-electron chi connectivity index (χ2n) is 5.62. The normalized spacial score (nSPS) is 12.5. The predicted octanol–water partition coefficient (Wildman–Crippen LogP) is 2.97. The van der Waals surface area contributed by atoms with Gasteiger partial charge >= 0.3 is 0 Å². The van der Waals surface area contributed by atoms with Gasteiger partial charge in [-0.2, -0.15) is 0 Å². The number of carbonyl (C=O) groups is 1. The first-order valence-corrected chi connectivity index (χ1v) is 8.15. The fourth-order valence-corrected chi connectivity index (χ4v) is 2.61. The van der Waals surface area contributed by atoms with Gasteiger partial charge in [0.15, 0.2) is 0 Å². The Bertz CT molecular complexity index is 591. The number of furan rings is 1. The minimum Gasteiger partial charge on any atom is -0.459 e. The highest BCUT2D eigenvalue weighted by Crippen LogP contribution is 2.27. The summed E-state index contributed by atoms with van der Waals surface area (Å²) in [5.74, 6) is 0.904. The zero-order valence-electron chi connectivity index (χ0n) is 14.2. The van der Waals surface area contributed by atoms with Crippen molar-refractivity contribution in [3.05, 3.63) is 36.1 Å². The van der Waals surface area contributed by atoms with Gasteiger partial charge in [0, 0.05) is 25.6 Å². The number of nitrogens with one attached hydrogen (secondary N) is 1. The van der Waals surface area contributed by atoms with Gasteiger partial charge in [0.1, 0.15) is 11.3 Å². The van der Waals surface area contributed by atoms with Gasteiger partial charge in [-0.3, -0.25) is 4.79 Å². The van der Waals surface area contributed by atoms with Gasteiger partial charge in [-0.25, -0.2) is 0 Å². The number of para-hydroxylation sites is 1. The number of hydrogen-bond acceptors (Lipinski definition) is 4. The SMILES string of the molecule is CCCN(C(=O)CNCCOC)C(C)c1cc2ccccc2o1. The molecule has 5 nitrogen and oxygen atoms in total. The fourth-order valence-electron chi connectivity index (χ4n) is 2.61. The molecule has 0 saturated heterocycles. The Hall–Kier alpha value is -1.85. The van der Waals surface area contributed by atoms with E-state index in [4.69, 9.17) is 9.15 Å². The molecule has 0 aliphatic heterocycles. The van der Waals surface area contributed by atoms with Crippen molar-refractivity contribution in [2.75, 3.05) is 33.4 Å². The molecule has 0 bridgehead atoms. The molecule has 1 aromatic heterocycles. The van der Waals surface area contributed by atoms with Gasteiger partial charge in [0.05, 0.1) is 19.2 Å². The van der Waals surface area contributed by atoms with Gasteiger partial charge in [-0.1, -0.05) is 25.1 Å². The minimum absolute atomic E-state index is 0.0795. The standard InChI is InChI=1S/C18H26N2O3/c1-4-10-20(18(21)13-19-9-11-22-3)14(2)17-12-15-7-5-6-8-16(15)23-17/h5-8,12,14,19H,4,9-11,13H2,1-3H3. The first-order chi connectivity index (χ1) is 11.2. The molecule has 1 N–H and O–H groups in total. The third-order valence-corrected chi connectivity index (χ3v) is 3.87. The van der Waals surface area contributed by atoms with Crippen molar-refractivity contribution in [1.82, 2.24) is 10.2 Å². The lowest BCUT2D eigenvalue weighted by atomic mass is 10.2. The van der Waals surface area contributed by atoms with E-state index >= 15 is 0 Å². The van der Waals surface area contributed by atoms with E-state index in [9.17, 15) is 4.79 Å². The van der Waals surface area contributed by atoms with E-state index in [1.165, 1.54) is 0 Å². The summed E-state index contributed by atoms with van der Waals surface area (Å²) in [6.45, 7) is 6.38. The Labute approximate surface area is 137 Å². The lowest BCUT2D eigenvalue weighted by Gasteiger charge is -2.28. The Morgan fingerprint density at radius 1 is 1.39 bits per heavy atom. The smallest absolute Gasteiger partial charge is 0.237 e. The van der Waals surface area contributed by atoms with Gasteiger partial charge in [-0.05, 0) is 25.5 Å². The summed E-state index contributed by atoms with van der Waals surface area (Å²) >= 11 is 0. The van der Waals surface area contributed by atoms with Gasteiger partial charge in [0.2, 0.25) is 5.91 Å². The number of benzene rings is 1. The van der Waals surface area contributed by atoms with E-state index < -0.39 is 0 Å². The van der Waals surface area contributed by atoms with Crippen molar-refractivity contribution in [2.45, 2.75) is 26.3 Å². The van der Waals surface area contributed by atoms with Crippen LogP contribution in [0.15, 0.2) is 34.7 Å². The Kier molecular flexibility index (Phi) is 6.62. The molecule has 0 fully saturated rings. The third kappa shape index (κ3) is 4.56. The average molecular weight is 318 g/mol. The minimum atomic E-state index is -0.0842. The monoisotopic (exact) mass is 318 g/mol. The second kappa shape index (κ2) is 8.70. The van der Waals surface area contributed by atoms with E-state index in [0.29, 0.717) is 26.2 Å². The molecule has 1 atom stereocenters. The van der Waals surface area contributed by atoms with E-state index in [2.05, 4.69) is 12.2 Å². The van der Waals surface area contributed by atoms with E-state index in [0.717, 1.165) is 23.2 Å². The second-order valence-corrected chi connectivity index (χ2v) is 5.62. The molecule has 0 aliphatic rings. The van der Waals surface area contributed by atoms with Crippen LogP contribution in [0.3, 0.4) is 0 Å². The number of methoxy groups -OCH3 is 1. The Balaban J connectivity index is 2.07. The maximum Gasteiger partial charge on any atom is 0.237 e. The van der Waals surface area contributed by atoms with Crippen LogP contribution in [0, 0.1) is 0 Å². The number of fused-ring (bicyclic) bond motifs is 1. The Morgan fingerprint density at radius 2 is 2.17 bits per heavy atom. The van der Waals surface area contributed by atoms with Gasteiger partial charge < -0.3 is 19.4 Å². The molecule has 0 saturated carbocycles. The summed E-state index contributed by atoms with van der Waals surface area (Å²) < 4.78 is 10.9. The van der Waals surface area contributed by atoms with Crippen LogP contribution >= 0.6 is 0 Å². The summed E-state index contributed by atoms with van der Waals surface area (Å²) in [7, 11) is 1.65. The van der Waals surface area contributed by atoms with Crippen LogP contribution in [0.1, 0.15) is 32.1 Å². The molecule has 1 heterocycles. The van der Waals surface area contributed by atoms with Gasteiger partial charge in [0.25, 0.3) is 0 Å². The molecule has 1 unspecified atom stereocenters. The molecule has 0 aliphatic carbocycles. The van der Waals surface area contributed by atoms with Crippen molar-refractivity contribution in [3.63, 3.8) is 0 Å². The van der Waals surface area contributed by atoms with Crippen LogP contribution in [0.4, 0.5) is 0 Å². The summed E-state index contributed by atoms with van der Waals surface area (Å²) in [6, 6.07) is 9.85. The number of ether oxygens (including phenoxy) is 1. The lowest BCUT2D eigenvalue weighted by Crippen LogP contribution is -2.40. The largest absolute Gasteiger partial charge is 0.459 e. The van der Waals surface area contributed by atoms with Crippen molar-refractivity contribution < 1.29 is 13.9 Å². The molecular formula is C18H26N2O3. The molecule has 2 rings (SSSR count). The topological polar surface area (TPSA) is 54.7 Å². The lowest BCUT2D eigenvalue weighted by molar-refractivity contribution is -0.132. The zero-order valence-corrected chi connectivity index (χ0v) is 14.2. The predicted molar refractivity (Wildman–Crippen MR) is 91.4 cm³/mol. The van der Waals surface area contributed by atoms with E-state index in [-0.39, 0.29) is 11.9 Å². The van der Waals surface area contributed by atoms with Crippen LogP contribution in [0.25, 0.3) is 11.0 Å². The molecule has 1 amide bonds. The van der Waals surface area contributed by atoms with Gasteiger partial charge in [-0.15, -0.1) is 0 Å². The highest BCUT2D eigenvalue weighted by Gasteiger charge is 2.23.